The Bertz CT molecular complexity index is 916. The molecule has 6 heterocycles. The average molecular weight is 489 g/mol. The highest BCUT2D eigenvalue weighted by atomic mass is 16.1. The van der Waals surface area contributed by atoms with E-state index < -0.39 is 0 Å². The first-order valence-electron chi connectivity index (χ1n) is 14.2. The van der Waals surface area contributed by atoms with Gasteiger partial charge in [0.2, 0.25) is 0 Å². The Hall–Kier alpha value is -2.51. The van der Waals surface area contributed by atoms with Crippen LogP contribution in [0, 0.1) is 0 Å². The van der Waals surface area contributed by atoms with Crippen LogP contribution in [-0.2, 0) is 0 Å². The van der Waals surface area contributed by atoms with Crippen molar-refractivity contribution in [3.05, 3.63) is 47.8 Å². The number of aromatic nitrogens is 2. The standard InChI is InChI=1S/C29H40N6O/c36-29(23-5-7-27(30-21-23)34-17-9-25(10-18-34)32-13-1-2-14-32)24-6-8-28(31-22-24)35-19-11-26(12-20-35)33-15-3-4-16-33/h5-8,21-22,25-26H,1-4,9-20H2. The van der Waals surface area contributed by atoms with Gasteiger partial charge < -0.3 is 19.6 Å². The van der Waals surface area contributed by atoms with Crippen LogP contribution in [0.2, 0.25) is 0 Å². The lowest BCUT2D eigenvalue weighted by Gasteiger charge is -2.37. The molecular weight excluding hydrogens is 448 g/mol. The van der Waals surface area contributed by atoms with E-state index in [1.165, 1.54) is 77.5 Å². The van der Waals surface area contributed by atoms with Crippen LogP contribution in [0.15, 0.2) is 36.7 Å². The second kappa shape index (κ2) is 10.9. The number of pyridine rings is 2. The monoisotopic (exact) mass is 488 g/mol. The van der Waals surface area contributed by atoms with Crippen LogP contribution in [0.25, 0.3) is 0 Å². The number of carbonyl (C=O) groups is 1. The summed E-state index contributed by atoms with van der Waals surface area (Å²) >= 11 is 0. The van der Waals surface area contributed by atoms with E-state index >= 15 is 0 Å². The zero-order chi connectivity index (χ0) is 24.3. The minimum absolute atomic E-state index is 0.00594. The van der Waals surface area contributed by atoms with E-state index in [0.717, 1.165) is 49.9 Å². The minimum Gasteiger partial charge on any atom is -0.357 e. The van der Waals surface area contributed by atoms with Crippen LogP contribution in [0.1, 0.15) is 67.3 Å². The van der Waals surface area contributed by atoms with Gasteiger partial charge in [-0.1, -0.05) is 0 Å². The maximum absolute atomic E-state index is 13.1. The molecule has 4 fully saturated rings. The molecule has 2 aromatic rings. The van der Waals surface area contributed by atoms with Crippen molar-refractivity contribution in [1.82, 2.24) is 19.8 Å². The fourth-order valence-corrected chi connectivity index (χ4v) is 6.72. The lowest BCUT2D eigenvalue weighted by atomic mass is 10.0. The van der Waals surface area contributed by atoms with Gasteiger partial charge in [0.1, 0.15) is 11.6 Å². The number of rotatable bonds is 6. The van der Waals surface area contributed by atoms with E-state index in [-0.39, 0.29) is 5.78 Å². The Labute approximate surface area is 215 Å². The van der Waals surface area contributed by atoms with Gasteiger partial charge in [-0.2, -0.15) is 0 Å². The molecule has 0 unspecified atom stereocenters. The van der Waals surface area contributed by atoms with Gasteiger partial charge in [-0.3, -0.25) is 4.79 Å². The molecule has 4 aliphatic rings. The summed E-state index contributed by atoms with van der Waals surface area (Å²) in [5, 5.41) is 0. The molecule has 0 bridgehead atoms. The fraction of sp³-hybridized carbons (Fsp3) is 0.621. The molecule has 0 amide bonds. The fourth-order valence-electron chi connectivity index (χ4n) is 6.72. The van der Waals surface area contributed by atoms with Gasteiger partial charge >= 0.3 is 0 Å². The maximum Gasteiger partial charge on any atom is 0.196 e. The van der Waals surface area contributed by atoms with Crippen LogP contribution < -0.4 is 9.80 Å². The maximum atomic E-state index is 13.1. The Morgan fingerprint density at radius 1 is 0.583 bits per heavy atom. The highest BCUT2D eigenvalue weighted by Gasteiger charge is 2.28. The number of carbonyl (C=O) groups excluding carboxylic acids is 1. The van der Waals surface area contributed by atoms with E-state index in [9.17, 15) is 4.79 Å². The zero-order valence-electron chi connectivity index (χ0n) is 21.5. The Kier molecular flexibility index (Phi) is 7.19. The predicted molar refractivity (Wildman–Crippen MR) is 144 cm³/mol. The quantitative estimate of drug-likeness (QED) is 0.573. The molecule has 7 heteroatoms. The molecule has 7 nitrogen and oxygen atoms in total. The van der Waals surface area contributed by atoms with Crippen LogP contribution in [-0.4, -0.2) is 90.0 Å². The molecule has 0 saturated carbocycles. The van der Waals surface area contributed by atoms with Crippen molar-refractivity contribution in [1.29, 1.82) is 0 Å². The molecule has 0 radical (unpaired) electrons. The van der Waals surface area contributed by atoms with Crippen molar-refractivity contribution in [2.75, 3.05) is 62.2 Å². The van der Waals surface area contributed by atoms with Gasteiger partial charge in [0.15, 0.2) is 5.78 Å². The number of nitrogens with zero attached hydrogens (tertiary/aromatic N) is 6. The van der Waals surface area contributed by atoms with E-state index in [1.54, 1.807) is 12.4 Å². The summed E-state index contributed by atoms with van der Waals surface area (Å²) in [4.78, 5) is 32.5. The van der Waals surface area contributed by atoms with Gasteiger partial charge in [-0.15, -0.1) is 0 Å². The van der Waals surface area contributed by atoms with E-state index in [2.05, 4.69) is 29.6 Å². The molecule has 192 valence electrons. The summed E-state index contributed by atoms with van der Waals surface area (Å²) < 4.78 is 0. The average Bonchev–Trinajstić information content (AvgIpc) is 3.69. The second-order valence-corrected chi connectivity index (χ2v) is 11.1. The number of anilines is 2. The molecule has 4 saturated heterocycles. The van der Waals surface area contributed by atoms with Gasteiger partial charge in [0.25, 0.3) is 0 Å². The summed E-state index contributed by atoms with van der Waals surface area (Å²) in [6.07, 6.45) is 13.7. The topological polar surface area (TPSA) is 55.8 Å². The van der Waals surface area contributed by atoms with Crippen molar-refractivity contribution < 1.29 is 4.79 Å². The molecule has 0 aliphatic carbocycles. The smallest absolute Gasteiger partial charge is 0.196 e. The first kappa shape index (κ1) is 23.9. The largest absolute Gasteiger partial charge is 0.357 e. The SMILES string of the molecule is O=C(c1ccc(N2CCC(N3CCCC3)CC2)nc1)c1ccc(N2CCC(N3CCCC3)CC2)nc1. The summed E-state index contributed by atoms with van der Waals surface area (Å²) in [5.41, 5.74) is 1.26. The zero-order valence-corrected chi connectivity index (χ0v) is 21.5. The Morgan fingerprint density at radius 2 is 0.972 bits per heavy atom. The van der Waals surface area contributed by atoms with Crippen LogP contribution >= 0.6 is 0 Å². The van der Waals surface area contributed by atoms with Crippen molar-refractivity contribution in [3.63, 3.8) is 0 Å². The van der Waals surface area contributed by atoms with Crippen molar-refractivity contribution >= 4 is 17.4 Å². The third kappa shape index (κ3) is 5.14. The summed E-state index contributed by atoms with van der Waals surface area (Å²) in [7, 11) is 0. The summed E-state index contributed by atoms with van der Waals surface area (Å²) in [6.45, 7) is 9.26. The first-order valence-corrected chi connectivity index (χ1v) is 14.2. The number of likely N-dealkylation sites (tertiary alicyclic amines) is 2. The summed E-state index contributed by atoms with van der Waals surface area (Å²) in [5.74, 6) is 1.96. The van der Waals surface area contributed by atoms with Gasteiger partial charge in [0.05, 0.1) is 0 Å². The highest BCUT2D eigenvalue weighted by molar-refractivity contribution is 6.08. The van der Waals surface area contributed by atoms with Crippen molar-refractivity contribution in [2.45, 2.75) is 63.5 Å². The van der Waals surface area contributed by atoms with Crippen LogP contribution in [0.5, 0.6) is 0 Å². The van der Waals surface area contributed by atoms with Gasteiger partial charge in [0, 0.05) is 61.8 Å². The number of hydrogen-bond donors (Lipinski definition) is 0. The molecule has 2 aromatic heterocycles. The number of hydrogen-bond acceptors (Lipinski definition) is 7. The van der Waals surface area contributed by atoms with Gasteiger partial charge in [-0.05, 0) is 102 Å². The van der Waals surface area contributed by atoms with Crippen LogP contribution in [0.4, 0.5) is 11.6 Å². The predicted octanol–water partition coefficient (Wildman–Crippen LogP) is 3.84. The molecule has 0 aromatic carbocycles. The molecular formula is C29H40N6O. The van der Waals surface area contributed by atoms with Crippen LogP contribution in [0.3, 0.4) is 0 Å². The molecule has 0 N–H and O–H groups in total. The number of piperidine rings is 2. The van der Waals surface area contributed by atoms with Crippen molar-refractivity contribution in [2.24, 2.45) is 0 Å². The lowest BCUT2D eigenvalue weighted by molar-refractivity contribution is 0.103. The molecule has 4 aliphatic heterocycles. The molecule has 6 rings (SSSR count). The lowest BCUT2D eigenvalue weighted by Crippen LogP contribution is -2.44. The Morgan fingerprint density at radius 3 is 1.31 bits per heavy atom. The van der Waals surface area contributed by atoms with E-state index in [4.69, 9.17) is 0 Å². The minimum atomic E-state index is -0.00594. The summed E-state index contributed by atoms with van der Waals surface area (Å²) in [6, 6.07) is 9.33. The first-order chi connectivity index (χ1) is 17.7. The third-order valence-corrected chi connectivity index (χ3v) is 8.91. The molecule has 36 heavy (non-hydrogen) atoms. The van der Waals surface area contributed by atoms with E-state index in [0.29, 0.717) is 11.1 Å². The van der Waals surface area contributed by atoms with Crippen molar-refractivity contribution in [3.8, 4) is 0 Å². The second-order valence-electron chi connectivity index (χ2n) is 11.1. The number of ketones is 1. The molecule has 0 atom stereocenters. The molecule has 0 spiro atoms. The van der Waals surface area contributed by atoms with Gasteiger partial charge in [-0.25, -0.2) is 9.97 Å². The third-order valence-electron chi connectivity index (χ3n) is 8.91. The highest BCUT2D eigenvalue weighted by Crippen LogP contribution is 2.26. The Balaban J connectivity index is 1.02. The van der Waals surface area contributed by atoms with E-state index in [1.807, 2.05) is 24.3 Å². The normalized spacial score (nSPS) is 23.0.